The van der Waals surface area contributed by atoms with Gasteiger partial charge in [-0.2, -0.15) is 0 Å². The van der Waals surface area contributed by atoms with E-state index in [0.717, 1.165) is 62.5 Å². The van der Waals surface area contributed by atoms with Gasteiger partial charge < -0.3 is 9.84 Å². The highest BCUT2D eigenvalue weighted by molar-refractivity contribution is 5.90. The predicted octanol–water partition coefficient (Wildman–Crippen LogP) is 3.95. The molecule has 0 aromatic carbocycles. The molecule has 0 radical (unpaired) electrons. The Hall–Kier alpha value is -1.32. The summed E-state index contributed by atoms with van der Waals surface area (Å²) in [5, 5.41) is 8.62. The van der Waals surface area contributed by atoms with Crippen molar-refractivity contribution in [3.63, 3.8) is 0 Å². The maximum atomic E-state index is 12.0. The SMILES string of the molecule is CC(C)C1CCC(C2(OC(=O)/C=C/C(=O)O)CCCC2)CC1. The van der Waals surface area contributed by atoms with E-state index in [9.17, 15) is 9.59 Å². The maximum absolute atomic E-state index is 12.0. The molecule has 0 heterocycles. The third kappa shape index (κ3) is 4.11. The van der Waals surface area contributed by atoms with E-state index in [4.69, 9.17) is 9.84 Å². The Morgan fingerprint density at radius 3 is 2.18 bits per heavy atom. The number of rotatable bonds is 5. The van der Waals surface area contributed by atoms with Gasteiger partial charge in [-0.15, -0.1) is 0 Å². The number of hydrogen-bond donors (Lipinski definition) is 1. The van der Waals surface area contributed by atoms with Gasteiger partial charge in [-0.05, 0) is 69.1 Å². The third-order valence-electron chi connectivity index (χ3n) is 5.57. The summed E-state index contributed by atoms with van der Waals surface area (Å²) in [6.45, 7) is 4.57. The number of carbonyl (C=O) groups excluding carboxylic acids is 1. The van der Waals surface area contributed by atoms with Gasteiger partial charge >= 0.3 is 11.9 Å². The fourth-order valence-corrected chi connectivity index (χ4v) is 4.25. The van der Waals surface area contributed by atoms with E-state index < -0.39 is 11.9 Å². The van der Waals surface area contributed by atoms with Crippen LogP contribution in [-0.2, 0) is 14.3 Å². The molecule has 22 heavy (non-hydrogen) atoms. The van der Waals surface area contributed by atoms with Crippen molar-refractivity contribution in [2.75, 3.05) is 0 Å². The summed E-state index contributed by atoms with van der Waals surface area (Å²) in [6, 6.07) is 0. The molecule has 0 aromatic rings. The molecule has 2 fully saturated rings. The van der Waals surface area contributed by atoms with Crippen LogP contribution in [0.4, 0.5) is 0 Å². The van der Waals surface area contributed by atoms with Crippen LogP contribution in [0.3, 0.4) is 0 Å². The van der Waals surface area contributed by atoms with E-state index in [2.05, 4.69) is 13.8 Å². The maximum Gasteiger partial charge on any atom is 0.331 e. The first-order chi connectivity index (χ1) is 10.4. The zero-order valence-electron chi connectivity index (χ0n) is 13.7. The average Bonchev–Trinajstić information content (AvgIpc) is 2.95. The minimum Gasteiger partial charge on any atom is -0.478 e. The highest BCUT2D eigenvalue weighted by atomic mass is 16.6. The Morgan fingerprint density at radius 1 is 1.09 bits per heavy atom. The van der Waals surface area contributed by atoms with Gasteiger partial charge in [0.2, 0.25) is 0 Å². The first-order valence-corrected chi connectivity index (χ1v) is 8.57. The van der Waals surface area contributed by atoms with Crippen LogP contribution in [0.1, 0.15) is 65.2 Å². The Kier molecular flexibility index (Phi) is 5.65. The summed E-state index contributed by atoms with van der Waals surface area (Å²) in [4.78, 5) is 22.5. The molecule has 2 aliphatic carbocycles. The molecule has 124 valence electrons. The van der Waals surface area contributed by atoms with Gasteiger partial charge in [0, 0.05) is 12.2 Å². The molecular formula is C18H28O4. The molecule has 0 bridgehead atoms. The number of aliphatic carboxylic acids is 1. The van der Waals surface area contributed by atoms with Gasteiger partial charge in [-0.25, -0.2) is 9.59 Å². The molecule has 0 amide bonds. The summed E-state index contributed by atoms with van der Waals surface area (Å²) in [5.41, 5.74) is -0.345. The minimum atomic E-state index is -1.12. The molecule has 4 nitrogen and oxygen atoms in total. The van der Waals surface area contributed by atoms with Crippen molar-refractivity contribution < 1.29 is 19.4 Å². The summed E-state index contributed by atoms with van der Waals surface area (Å²) < 4.78 is 5.80. The fraction of sp³-hybridized carbons (Fsp3) is 0.778. The van der Waals surface area contributed by atoms with Crippen LogP contribution in [0.15, 0.2) is 12.2 Å². The van der Waals surface area contributed by atoms with Crippen LogP contribution in [0.25, 0.3) is 0 Å². The Balaban J connectivity index is 2.00. The van der Waals surface area contributed by atoms with Crippen molar-refractivity contribution in [1.29, 1.82) is 0 Å². The van der Waals surface area contributed by atoms with Crippen molar-refractivity contribution in [3.05, 3.63) is 12.2 Å². The number of carboxylic acid groups (broad SMARTS) is 1. The smallest absolute Gasteiger partial charge is 0.331 e. The molecule has 4 heteroatoms. The van der Waals surface area contributed by atoms with E-state index in [-0.39, 0.29) is 5.60 Å². The molecule has 0 atom stereocenters. The number of esters is 1. The lowest BCUT2D eigenvalue weighted by Gasteiger charge is -2.41. The van der Waals surface area contributed by atoms with Gasteiger partial charge in [-0.3, -0.25) is 0 Å². The first-order valence-electron chi connectivity index (χ1n) is 8.57. The number of hydrogen-bond acceptors (Lipinski definition) is 3. The molecule has 1 N–H and O–H groups in total. The van der Waals surface area contributed by atoms with E-state index in [1.54, 1.807) is 0 Å². The Morgan fingerprint density at radius 2 is 1.68 bits per heavy atom. The number of carbonyl (C=O) groups is 2. The Labute approximate surface area is 132 Å². The van der Waals surface area contributed by atoms with Crippen LogP contribution in [0.5, 0.6) is 0 Å². The lowest BCUT2D eigenvalue weighted by molar-refractivity contribution is -0.162. The van der Waals surface area contributed by atoms with Crippen molar-refractivity contribution in [2.24, 2.45) is 17.8 Å². The molecule has 2 aliphatic rings. The quantitative estimate of drug-likeness (QED) is 0.617. The molecule has 0 saturated heterocycles. The normalized spacial score (nSPS) is 28.1. The summed E-state index contributed by atoms with van der Waals surface area (Å²) >= 11 is 0. The van der Waals surface area contributed by atoms with Crippen molar-refractivity contribution in [2.45, 2.75) is 70.8 Å². The highest BCUT2D eigenvalue weighted by Gasteiger charge is 2.45. The molecule has 0 aliphatic heterocycles. The topological polar surface area (TPSA) is 63.6 Å². The van der Waals surface area contributed by atoms with E-state index in [1.807, 2.05) is 0 Å². The lowest BCUT2D eigenvalue weighted by atomic mass is 9.70. The van der Waals surface area contributed by atoms with Gasteiger partial charge in [0.05, 0.1) is 0 Å². The van der Waals surface area contributed by atoms with Gasteiger partial charge in [0.15, 0.2) is 0 Å². The van der Waals surface area contributed by atoms with Gasteiger partial charge in [0.25, 0.3) is 0 Å². The van der Waals surface area contributed by atoms with E-state index in [1.165, 1.54) is 12.8 Å². The molecule has 2 rings (SSSR count). The second kappa shape index (κ2) is 7.30. The van der Waals surface area contributed by atoms with Crippen molar-refractivity contribution in [1.82, 2.24) is 0 Å². The van der Waals surface area contributed by atoms with Gasteiger partial charge in [0.1, 0.15) is 5.60 Å². The molecule has 0 aromatic heterocycles. The number of ether oxygens (including phenoxy) is 1. The van der Waals surface area contributed by atoms with Crippen LogP contribution in [0, 0.1) is 17.8 Å². The van der Waals surface area contributed by atoms with Crippen LogP contribution >= 0.6 is 0 Å². The standard InChI is InChI=1S/C18H28O4/c1-13(2)14-5-7-15(8-6-14)18(11-3-4-12-18)22-17(21)10-9-16(19)20/h9-10,13-15H,3-8,11-12H2,1-2H3,(H,19,20)/b10-9+. The first kappa shape index (κ1) is 17.0. The van der Waals surface area contributed by atoms with Gasteiger partial charge in [-0.1, -0.05) is 13.8 Å². The Bertz CT molecular complexity index is 424. The zero-order valence-corrected chi connectivity index (χ0v) is 13.7. The van der Waals surface area contributed by atoms with Crippen LogP contribution in [0.2, 0.25) is 0 Å². The number of carboxylic acids is 1. The highest BCUT2D eigenvalue weighted by Crippen LogP contribution is 2.47. The fourth-order valence-electron chi connectivity index (χ4n) is 4.25. The molecule has 0 unspecified atom stereocenters. The van der Waals surface area contributed by atoms with E-state index in [0.29, 0.717) is 5.92 Å². The predicted molar refractivity (Wildman–Crippen MR) is 84.4 cm³/mol. The van der Waals surface area contributed by atoms with E-state index >= 15 is 0 Å². The monoisotopic (exact) mass is 308 g/mol. The zero-order chi connectivity index (χ0) is 16.2. The minimum absolute atomic E-state index is 0.345. The second-order valence-electron chi connectivity index (χ2n) is 7.22. The summed E-state index contributed by atoms with van der Waals surface area (Å²) in [7, 11) is 0. The largest absolute Gasteiger partial charge is 0.478 e. The summed E-state index contributed by atoms with van der Waals surface area (Å²) in [6.07, 6.45) is 10.6. The average molecular weight is 308 g/mol. The molecule has 2 saturated carbocycles. The summed E-state index contributed by atoms with van der Waals surface area (Å²) in [5.74, 6) is 0.330. The molecule has 0 spiro atoms. The second-order valence-corrected chi connectivity index (χ2v) is 7.22. The molecular weight excluding hydrogens is 280 g/mol. The lowest BCUT2D eigenvalue weighted by Crippen LogP contribution is -2.42. The van der Waals surface area contributed by atoms with Crippen molar-refractivity contribution >= 4 is 11.9 Å². The van der Waals surface area contributed by atoms with Crippen molar-refractivity contribution in [3.8, 4) is 0 Å². The third-order valence-corrected chi connectivity index (χ3v) is 5.57. The van der Waals surface area contributed by atoms with Crippen LogP contribution in [-0.4, -0.2) is 22.6 Å². The van der Waals surface area contributed by atoms with Crippen LogP contribution < -0.4 is 0 Å².